The minimum atomic E-state index is -0.610. The Morgan fingerprint density at radius 1 is 0.609 bits per heavy atom. The molecular weight excluding hydrogens is 286 g/mol. The molecule has 0 saturated carbocycles. The van der Waals surface area contributed by atoms with Crippen LogP contribution in [0, 0.1) is 0 Å². The van der Waals surface area contributed by atoms with Crippen molar-refractivity contribution in [3.63, 3.8) is 0 Å². The number of hydrogen-bond donors (Lipinski definition) is 1. The Morgan fingerprint density at radius 3 is 1.39 bits per heavy atom. The zero-order chi connectivity index (χ0) is 17.2. The third-order valence-corrected chi connectivity index (χ3v) is 4.32. The van der Waals surface area contributed by atoms with Gasteiger partial charge in [-0.15, -0.1) is 0 Å². The predicted octanol–water partition coefficient (Wildman–Crippen LogP) is 6.02. The smallest absolute Gasteiger partial charge is 0.224 e. The number of ether oxygens (including phenoxy) is 2. The fraction of sp³-hybridized carbons (Fsp3) is 1.00. The maximum absolute atomic E-state index is 5.64. The maximum atomic E-state index is 5.64. The van der Waals surface area contributed by atoms with E-state index < -0.39 is 5.91 Å². The second-order valence-electron chi connectivity index (χ2n) is 6.63. The lowest BCUT2D eigenvalue weighted by Gasteiger charge is -2.30. The van der Waals surface area contributed by atoms with Gasteiger partial charge in [0.05, 0.1) is 0 Å². The van der Waals surface area contributed by atoms with E-state index in [1.54, 1.807) is 0 Å². The van der Waals surface area contributed by atoms with Crippen LogP contribution in [0.4, 0.5) is 0 Å². The SMILES string of the molecule is CCCCCCCCCCCCCCNC(C)(OCC)OCC. The summed E-state index contributed by atoms with van der Waals surface area (Å²) in [4.78, 5) is 0. The Balaban J connectivity index is 3.32. The molecule has 0 saturated heterocycles. The zero-order valence-electron chi connectivity index (χ0n) is 16.4. The first-order valence-corrected chi connectivity index (χ1v) is 10.2. The lowest BCUT2D eigenvalue weighted by atomic mass is 10.1. The normalized spacial score (nSPS) is 12.0. The van der Waals surface area contributed by atoms with Gasteiger partial charge in [-0.25, -0.2) is 0 Å². The van der Waals surface area contributed by atoms with Crippen LogP contribution in [-0.2, 0) is 9.47 Å². The fourth-order valence-electron chi connectivity index (χ4n) is 2.98. The summed E-state index contributed by atoms with van der Waals surface area (Å²) in [6, 6.07) is 0. The van der Waals surface area contributed by atoms with E-state index in [0.29, 0.717) is 13.2 Å². The first-order valence-electron chi connectivity index (χ1n) is 10.2. The van der Waals surface area contributed by atoms with Crippen molar-refractivity contribution in [1.82, 2.24) is 5.32 Å². The summed E-state index contributed by atoms with van der Waals surface area (Å²) in [6.45, 7) is 10.6. The molecule has 0 fully saturated rings. The Labute approximate surface area is 145 Å². The van der Waals surface area contributed by atoms with Crippen LogP contribution in [0.3, 0.4) is 0 Å². The molecule has 0 aliphatic rings. The van der Waals surface area contributed by atoms with Gasteiger partial charge in [-0.1, -0.05) is 77.6 Å². The highest BCUT2D eigenvalue weighted by atomic mass is 16.7. The Bertz CT molecular complexity index is 228. The van der Waals surface area contributed by atoms with Crippen molar-refractivity contribution >= 4 is 0 Å². The van der Waals surface area contributed by atoms with Gasteiger partial charge in [0.15, 0.2) is 0 Å². The first-order chi connectivity index (χ1) is 11.2. The van der Waals surface area contributed by atoms with Gasteiger partial charge < -0.3 is 9.47 Å². The van der Waals surface area contributed by atoms with Crippen LogP contribution in [0.15, 0.2) is 0 Å². The molecule has 0 atom stereocenters. The largest absolute Gasteiger partial charge is 0.338 e. The molecule has 0 amide bonds. The molecule has 1 N–H and O–H groups in total. The second kappa shape index (κ2) is 16.7. The van der Waals surface area contributed by atoms with E-state index in [1.165, 1.54) is 77.0 Å². The molecule has 0 aliphatic heterocycles. The summed E-state index contributed by atoms with van der Waals surface area (Å²) in [5, 5.41) is 3.39. The molecule has 0 heterocycles. The van der Waals surface area contributed by atoms with E-state index in [-0.39, 0.29) is 0 Å². The molecule has 0 rings (SSSR count). The Kier molecular flexibility index (Phi) is 16.6. The summed E-state index contributed by atoms with van der Waals surface area (Å²) in [5.41, 5.74) is 0. The third kappa shape index (κ3) is 15.2. The van der Waals surface area contributed by atoms with Gasteiger partial charge >= 0.3 is 0 Å². The highest BCUT2D eigenvalue weighted by Gasteiger charge is 2.23. The molecule has 3 nitrogen and oxygen atoms in total. The molecular formula is C20H43NO2. The van der Waals surface area contributed by atoms with Crippen LogP contribution in [-0.4, -0.2) is 25.7 Å². The van der Waals surface area contributed by atoms with Gasteiger partial charge in [0.1, 0.15) is 0 Å². The molecule has 0 radical (unpaired) electrons. The quantitative estimate of drug-likeness (QED) is 0.246. The van der Waals surface area contributed by atoms with Crippen molar-refractivity contribution in [3.8, 4) is 0 Å². The van der Waals surface area contributed by atoms with Crippen molar-refractivity contribution in [3.05, 3.63) is 0 Å². The summed E-state index contributed by atoms with van der Waals surface area (Å²) in [6.07, 6.45) is 16.6. The van der Waals surface area contributed by atoms with E-state index in [4.69, 9.17) is 9.47 Å². The first kappa shape index (κ1) is 22.9. The van der Waals surface area contributed by atoms with E-state index in [1.807, 2.05) is 20.8 Å². The molecule has 0 aromatic rings. The van der Waals surface area contributed by atoms with E-state index >= 15 is 0 Å². The van der Waals surface area contributed by atoms with Crippen LogP contribution < -0.4 is 5.32 Å². The molecule has 0 aromatic carbocycles. The van der Waals surface area contributed by atoms with Gasteiger partial charge in [-0.05, 0) is 20.3 Å². The topological polar surface area (TPSA) is 30.5 Å². The van der Waals surface area contributed by atoms with Gasteiger partial charge in [-0.3, -0.25) is 5.32 Å². The molecule has 0 aliphatic carbocycles. The summed E-state index contributed by atoms with van der Waals surface area (Å²) in [5.74, 6) is -0.610. The van der Waals surface area contributed by atoms with Crippen molar-refractivity contribution in [2.24, 2.45) is 0 Å². The number of rotatable bonds is 18. The van der Waals surface area contributed by atoms with Crippen molar-refractivity contribution in [1.29, 1.82) is 0 Å². The highest BCUT2D eigenvalue weighted by molar-refractivity contribution is 4.60. The molecule has 0 aromatic heterocycles. The van der Waals surface area contributed by atoms with Crippen LogP contribution in [0.25, 0.3) is 0 Å². The van der Waals surface area contributed by atoms with E-state index in [2.05, 4.69) is 12.2 Å². The van der Waals surface area contributed by atoms with Crippen LogP contribution in [0.2, 0.25) is 0 Å². The zero-order valence-corrected chi connectivity index (χ0v) is 16.4. The third-order valence-electron chi connectivity index (χ3n) is 4.32. The van der Waals surface area contributed by atoms with E-state index in [9.17, 15) is 0 Å². The molecule has 0 unspecified atom stereocenters. The van der Waals surface area contributed by atoms with Crippen molar-refractivity contribution in [2.45, 2.75) is 111 Å². The summed E-state index contributed by atoms with van der Waals surface area (Å²) in [7, 11) is 0. The van der Waals surface area contributed by atoms with Gasteiger partial charge in [0.25, 0.3) is 0 Å². The van der Waals surface area contributed by atoms with Gasteiger partial charge in [-0.2, -0.15) is 0 Å². The molecule has 0 bridgehead atoms. The number of hydrogen-bond acceptors (Lipinski definition) is 3. The number of nitrogens with one attached hydrogen (secondary N) is 1. The average molecular weight is 330 g/mol. The lowest BCUT2D eigenvalue weighted by Crippen LogP contribution is -2.47. The highest BCUT2D eigenvalue weighted by Crippen LogP contribution is 2.12. The van der Waals surface area contributed by atoms with Crippen molar-refractivity contribution in [2.75, 3.05) is 19.8 Å². The maximum Gasteiger partial charge on any atom is 0.224 e. The predicted molar refractivity (Wildman–Crippen MR) is 101 cm³/mol. The average Bonchev–Trinajstić information content (AvgIpc) is 2.52. The van der Waals surface area contributed by atoms with Crippen LogP contribution >= 0.6 is 0 Å². The van der Waals surface area contributed by atoms with Crippen LogP contribution in [0.1, 0.15) is 105 Å². The van der Waals surface area contributed by atoms with Crippen molar-refractivity contribution < 1.29 is 9.47 Å². The Hall–Kier alpha value is -0.120. The minimum Gasteiger partial charge on any atom is -0.338 e. The lowest BCUT2D eigenvalue weighted by molar-refractivity contribution is -0.240. The molecule has 0 spiro atoms. The fourth-order valence-corrected chi connectivity index (χ4v) is 2.98. The second-order valence-corrected chi connectivity index (χ2v) is 6.63. The van der Waals surface area contributed by atoms with Gasteiger partial charge in [0, 0.05) is 26.7 Å². The van der Waals surface area contributed by atoms with Crippen LogP contribution in [0.5, 0.6) is 0 Å². The van der Waals surface area contributed by atoms with Gasteiger partial charge in [0.2, 0.25) is 5.91 Å². The molecule has 23 heavy (non-hydrogen) atoms. The number of unbranched alkanes of at least 4 members (excludes halogenated alkanes) is 11. The minimum absolute atomic E-state index is 0.610. The monoisotopic (exact) mass is 329 g/mol. The molecule has 3 heteroatoms. The standard InChI is InChI=1S/C20H43NO2/c1-5-8-9-10-11-12-13-14-15-16-17-18-19-21-20(4,22-6-2)23-7-3/h21H,5-19H2,1-4H3. The summed E-state index contributed by atoms with van der Waals surface area (Å²) < 4.78 is 11.3. The summed E-state index contributed by atoms with van der Waals surface area (Å²) >= 11 is 0. The van der Waals surface area contributed by atoms with E-state index in [0.717, 1.165) is 6.54 Å². The molecule has 140 valence electrons. The Morgan fingerprint density at radius 2 is 1.00 bits per heavy atom.